The third-order valence-electron chi connectivity index (χ3n) is 3.96. The van der Waals surface area contributed by atoms with Crippen LogP contribution in [0.5, 0.6) is 5.75 Å². The average molecular weight is 289 g/mol. The van der Waals surface area contributed by atoms with Gasteiger partial charge in [-0.3, -0.25) is 9.78 Å². The second-order valence-electron chi connectivity index (χ2n) is 5.95. The second-order valence-corrected chi connectivity index (χ2v) is 5.95. The third kappa shape index (κ3) is 3.17. The van der Waals surface area contributed by atoms with Crippen LogP contribution in [0, 0.1) is 0 Å². The van der Waals surface area contributed by atoms with Crippen molar-refractivity contribution in [1.82, 2.24) is 4.98 Å². The summed E-state index contributed by atoms with van der Waals surface area (Å²) >= 11 is 0. The molecule has 1 aromatic rings. The van der Waals surface area contributed by atoms with Gasteiger partial charge < -0.3 is 14.0 Å². The third-order valence-corrected chi connectivity index (χ3v) is 3.96. The molecule has 1 aromatic heterocycles. The molecule has 0 saturated carbocycles. The number of hydrogen-bond donors (Lipinski definition) is 0. The van der Waals surface area contributed by atoms with E-state index < -0.39 is 7.12 Å². The topological polar surface area (TPSA) is 57.7 Å². The van der Waals surface area contributed by atoms with Crippen molar-refractivity contribution < 1.29 is 18.8 Å². The van der Waals surface area contributed by atoms with E-state index in [1.165, 1.54) is 0 Å². The minimum atomic E-state index is -0.426. The molecule has 0 atom stereocenters. The fraction of sp³-hybridized carbons (Fsp3) is 0.467. The van der Waals surface area contributed by atoms with Crippen molar-refractivity contribution in [1.29, 1.82) is 0 Å². The lowest BCUT2D eigenvalue weighted by atomic mass is 9.89. The van der Waals surface area contributed by atoms with Crippen molar-refractivity contribution in [3.63, 3.8) is 0 Å². The molecule has 112 valence electrons. The van der Waals surface area contributed by atoms with Gasteiger partial charge in [0.1, 0.15) is 11.4 Å². The molecule has 0 radical (unpaired) electrons. The molecule has 2 rings (SSSR count). The lowest BCUT2D eigenvalue weighted by Gasteiger charge is -2.32. The predicted octanol–water partition coefficient (Wildman–Crippen LogP) is 2.55. The van der Waals surface area contributed by atoms with Crippen molar-refractivity contribution in [2.24, 2.45) is 0 Å². The quantitative estimate of drug-likeness (QED) is 0.629. The summed E-state index contributed by atoms with van der Waals surface area (Å²) in [6, 6.07) is 1.59. The molecule has 0 N–H and O–H groups in total. The van der Waals surface area contributed by atoms with Crippen molar-refractivity contribution in [2.75, 3.05) is 7.11 Å². The molecule has 5 nitrogen and oxygen atoms in total. The van der Waals surface area contributed by atoms with E-state index >= 15 is 0 Å². The van der Waals surface area contributed by atoms with Crippen LogP contribution >= 0.6 is 0 Å². The van der Waals surface area contributed by atoms with Crippen LogP contribution in [0.25, 0.3) is 6.08 Å². The van der Waals surface area contributed by atoms with E-state index in [-0.39, 0.29) is 11.2 Å². The Bertz CT molecular complexity index is 553. The van der Waals surface area contributed by atoms with Gasteiger partial charge in [0.25, 0.3) is 0 Å². The Morgan fingerprint density at radius 2 is 1.86 bits per heavy atom. The largest absolute Gasteiger partial charge is 0.496 e. The van der Waals surface area contributed by atoms with Crippen molar-refractivity contribution >= 4 is 19.5 Å². The van der Waals surface area contributed by atoms with Gasteiger partial charge in [-0.25, -0.2) is 0 Å². The molecular formula is C15H20BNO4. The highest BCUT2D eigenvalue weighted by molar-refractivity contribution is 6.52. The fourth-order valence-corrected chi connectivity index (χ4v) is 1.98. The number of carbonyl (C=O) groups is 1. The summed E-state index contributed by atoms with van der Waals surface area (Å²) in [5.41, 5.74) is 0.356. The molecule has 1 fully saturated rings. The van der Waals surface area contributed by atoms with Crippen molar-refractivity contribution in [3.05, 3.63) is 29.5 Å². The second kappa shape index (κ2) is 5.62. The summed E-state index contributed by atoms with van der Waals surface area (Å²) in [4.78, 5) is 14.7. The molecule has 1 saturated heterocycles. The minimum absolute atomic E-state index is 0.333. The molecule has 0 aliphatic carbocycles. The Balaban J connectivity index is 2.18. The highest BCUT2D eigenvalue weighted by Crippen LogP contribution is 2.37. The molecule has 2 heterocycles. The lowest BCUT2D eigenvalue weighted by Crippen LogP contribution is -2.41. The van der Waals surface area contributed by atoms with E-state index in [1.807, 2.05) is 39.7 Å². The fourth-order valence-electron chi connectivity index (χ4n) is 1.98. The zero-order valence-electron chi connectivity index (χ0n) is 13.0. The van der Waals surface area contributed by atoms with E-state index in [2.05, 4.69) is 4.98 Å². The summed E-state index contributed by atoms with van der Waals surface area (Å²) in [5, 5.41) is 0. The van der Waals surface area contributed by atoms with E-state index in [9.17, 15) is 4.79 Å². The number of methoxy groups -OCH3 is 1. The molecule has 1 aliphatic rings. The number of carbonyl (C=O) groups excluding carboxylic acids is 1. The minimum Gasteiger partial charge on any atom is -0.496 e. The van der Waals surface area contributed by atoms with Crippen LogP contribution in [0.4, 0.5) is 0 Å². The Morgan fingerprint density at radius 1 is 1.24 bits per heavy atom. The van der Waals surface area contributed by atoms with Crippen molar-refractivity contribution in [3.8, 4) is 5.75 Å². The van der Waals surface area contributed by atoms with Gasteiger partial charge in [0.2, 0.25) is 0 Å². The first-order valence-electron chi connectivity index (χ1n) is 6.82. The Morgan fingerprint density at radius 3 is 2.38 bits per heavy atom. The first-order valence-corrected chi connectivity index (χ1v) is 6.82. The molecule has 0 spiro atoms. The average Bonchev–Trinajstić information content (AvgIpc) is 2.64. The maximum absolute atomic E-state index is 10.7. The zero-order valence-corrected chi connectivity index (χ0v) is 13.0. The van der Waals surface area contributed by atoms with Gasteiger partial charge in [0.05, 0.1) is 18.3 Å². The predicted molar refractivity (Wildman–Crippen MR) is 81.3 cm³/mol. The maximum Gasteiger partial charge on any atom is 0.487 e. The summed E-state index contributed by atoms with van der Waals surface area (Å²) in [6.45, 7) is 8.01. The number of ether oxygens (including phenoxy) is 1. The number of nitrogens with zero attached hydrogens (tertiary/aromatic N) is 1. The zero-order chi connectivity index (χ0) is 15.7. The normalized spacial score (nSPS) is 20.0. The molecule has 0 bridgehead atoms. The van der Waals surface area contributed by atoms with Gasteiger partial charge in [0, 0.05) is 17.8 Å². The van der Waals surface area contributed by atoms with E-state index in [1.54, 1.807) is 19.4 Å². The summed E-state index contributed by atoms with van der Waals surface area (Å²) in [6.07, 6.45) is 4.09. The molecule has 0 aromatic carbocycles. The molecule has 21 heavy (non-hydrogen) atoms. The van der Waals surface area contributed by atoms with Crippen LogP contribution in [0.2, 0.25) is 0 Å². The Labute approximate surface area is 125 Å². The number of rotatable bonds is 4. The van der Waals surface area contributed by atoms with Crippen LogP contribution in [0.1, 0.15) is 43.7 Å². The molecule has 6 heteroatoms. The van der Waals surface area contributed by atoms with Crippen molar-refractivity contribution in [2.45, 2.75) is 38.9 Å². The number of aldehydes is 1. The Hall–Kier alpha value is -1.66. The molecule has 0 amide bonds. The lowest BCUT2D eigenvalue weighted by molar-refractivity contribution is 0.00578. The first kappa shape index (κ1) is 15.7. The molecule has 0 unspecified atom stereocenters. The standard InChI is InChI=1S/C15H20BNO4/c1-14(2)15(3,4)21-16(20-14)7-6-11-9-17-12(10-18)8-13(11)19-5/h6-10H,1-5H3/b7-6+. The maximum atomic E-state index is 10.7. The highest BCUT2D eigenvalue weighted by atomic mass is 16.7. The monoisotopic (exact) mass is 289 g/mol. The van der Waals surface area contributed by atoms with Gasteiger partial charge in [0.15, 0.2) is 6.29 Å². The van der Waals surface area contributed by atoms with Gasteiger partial charge in [-0.15, -0.1) is 0 Å². The summed E-state index contributed by atoms with van der Waals surface area (Å²) in [7, 11) is 1.13. The first-order chi connectivity index (χ1) is 9.79. The smallest absolute Gasteiger partial charge is 0.487 e. The van der Waals surface area contributed by atoms with Crippen LogP contribution in [-0.2, 0) is 9.31 Å². The molecule has 1 aliphatic heterocycles. The highest BCUT2D eigenvalue weighted by Gasteiger charge is 2.50. The summed E-state index contributed by atoms with van der Waals surface area (Å²) in [5.74, 6) is 2.40. The van der Waals surface area contributed by atoms with Crippen LogP contribution < -0.4 is 4.74 Å². The van der Waals surface area contributed by atoms with Gasteiger partial charge >= 0.3 is 7.12 Å². The summed E-state index contributed by atoms with van der Waals surface area (Å²) < 4.78 is 17.0. The van der Waals surface area contributed by atoms with Crippen LogP contribution in [0.15, 0.2) is 18.2 Å². The number of pyridine rings is 1. The van der Waals surface area contributed by atoms with E-state index in [0.717, 1.165) is 5.56 Å². The Kier molecular flexibility index (Phi) is 4.21. The van der Waals surface area contributed by atoms with Crippen LogP contribution in [-0.4, -0.2) is 36.7 Å². The SMILES string of the molecule is COc1cc(C=O)ncc1/C=C/B1OC(C)(C)C(C)(C)O1. The van der Waals surface area contributed by atoms with Gasteiger partial charge in [-0.2, -0.15) is 0 Å². The molecular weight excluding hydrogens is 269 g/mol. The number of hydrogen-bond acceptors (Lipinski definition) is 5. The van der Waals surface area contributed by atoms with Crippen LogP contribution in [0.3, 0.4) is 0 Å². The number of aromatic nitrogens is 1. The van der Waals surface area contributed by atoms with E-state index in [0.29, 0.717) is 17.7 Å². The van der Waals surface area contributed by atoms with Gasteiger partial charge in [-0.1, -0.05) is 12.1 Å². The van der Waals surface area contributed by atoms with Gasteiger partial charge in [-0.05, 0) is 27.7 Å². The van der Waals surface area contributed by atoms with E-state index in [4.69, 9.17) is 14.0 Å².